The van der Waals surface area contributed by atoms with Crippen molar-refractivity contribution in [2.75, 3.05) is 9.84 Å². The molecule has 1 aromatic carbocycles. The minimum atomic E-state index is -4.04. The zero-order valence-corrected chi connectivity index (χ0v) is 12.2. The molecule has 1 amide bonds. The van der Waals surface area contributed by atoms with Crippen LogP contribution in [0.3, 0.4) is 0 Å². The molecule has 0 saturated carbocycles. The highest BCUT2D eigenvalue weighted by atomic mass is 32.2. The fourth-order valence-corrected chi connectivity index (χ4v) is 3.23. The van der Waals surface area contributed by atoms with Crippen molar-refractivity contribution in [1.82, 2.24) is 4.98 Å². The second-order valence-electron chi connectivity index (χ2n) is 3.86. The Labute approximate surface area is 123 Å². The first-order valence-electron chi connectivity index (χ1n) is 5.49. The predicted molar refractivity (Wildman–Crippen MR) is 73.6 cm³/mol. The molecule has 0 aliphatic rings. The van der Waals surface area contributed by atoms with Gasteiger partial charge in [0.25, 0.3) is 15.9 Å². The largest absolute Gasteiger partial charge is 0.272 e. The van der Waals surface area contributed by atoms with Crippen LogP contribution in [0.15, 0.2) is 34.7 Å². The van der Waals surface area contributed by atoms with Gasteiger partial charge in [0, 0.05) is 18.5 Å². The molecule has 0 fully saturated rings. The highest BCUT2D eigenvalue weighted by Gasteiger charge is 2.21. The molecule has 0 radical (unpaired) electrons. The summed E-state index contributed by atoms with van der Waals surface area (Å²) >= 11 is 1.05. The number of thiazole rings is 1. The van der Waals surface area contributed by atoms with Gasteiger partial charge < -0.3 is 0 Å². The average molecular weight is 333 g/mol. The van der Waals surface area contributed by atoms with Crippen molar-refractivity contribution >= 4 is 38.1 Å². The maximum absolute atomic E-state index is 13.7. The van der Waals surface area contributed by atoms with E-state index >= 15 is 0 Å². The third-order valence-electron chi connectivity index (χ3n) is 2.37. The van der Waals surface area contributed by atoms with E-state index in [4.69, 9.17) is 0 Å². The fraction of sp³-hybridized carbons (Fsp3) is 0.0909. The lowest BCUT2D eigenvalue weighted by molar-refractivity contribution is -0.119. The molecule has 2 aromatic rings. The van der Waals surface area contributed by atoms with E-state index in [2.05, 4.69) is 9.71 Å². The smallest absolute Gasteiger partial charge is 0.263 e. The van der Waals surface area contributed by atoms with Crippen LogP contribution < -0.4 is 9.84 Å². The number of hydrogen-bond acceptors (Lipinski definition) is 5. The van der Waals surface area contributed by atoms with Crippen LogP contribution >= 0.6 is 11.3 Å². The number of benzene rings is 1. The number of nitrogens with one attached hydrogen (secondary N) is 1. The van der Waals surface area contributed by atoms with Gasteiger partial charge in [0.15, 0.2) is 10.9 Å². The fourth-order valence-electron chi connectivity index (χ4n) is 1.43. The molecule has 1 N–H and O–H groups in total. The van der Waals surface area contributed by atoms with E-state index in [1.807, 2.05) is 0 Å². The van der Waals surface area contributed by atoms with Crippen LogP contribution in [0.2, 0.25) is 0 Å². The lowest BCUT2D eigenvalue weighted by Crippen LogP contribution is -2.20. The lowest BCUT2D eigenvalue weighted by Gasteiger charge is -2.11. The Morgan fingerprint density at radius 2 is 2.14 bits per heavy atom. The summed E-state index contributed by atoms with van der Waals surface area (Å²) in [4.78, 5) is 14.2. The van der Waals surface area contributed by atoms with Gasteiger partial charge in [-0.2, -0.15) is 0 Å². The average Bonchev–Trinajstić information content (AvgIpc) is 2.89. The van der Waals surface area contributed by atoms with Gasteiger partial charge in [-0.25, -0.2) is 17.8 Å². The molecular weight excluding hydrogens is 324 g/mol. The SMILES string of the molecule is CC(=O)N(F)c1ccc(S(=O)(=O)Nc2nccs2)cc1F. The number of carbonyl (C=O) groups is 1. The Morgan fingerprint density at radius 3 is 2.67 bits per heavy atom. The van der Waals surface area contributed by atoms with E-state index in [0.29, 0.717) is 6.07 Å². The molecule has 0 aliphatic heterocycles. The van der Waals surface area contributed by atoms with Crippen molar-refractivity contribution in [3.63, 3.8) is 0 Å². The number of nitrogens with zero attached hydrogens (tertiary/aromatic N) is 2. The van der Waals surface area contributed by atoms with Gasteiger partial charge in [-0.15, -0.1) is 16.5 Å². The first-order valence-corrected chi connectivity index (χ1v) is 7.86. The van der Waals surface area contributed by atoms with E-state index in [1.54, 1.807) is 5.38 Å². The zero-order valence-electron chi connectivity index (χ0n) is 10.6. The third-order valence-corrected chi connectivity index (χ3v) is 4.53. The summed E-state index contributed by atoms with van der Waals surface area (Å²) in [6.07, 6.45) is 1.40. The molecule has 21 heavy (non-hydrogen) atoms. The molecule has 0 spiro atoms. The van der Waals surface area contributed by atoms with Crippen LogP contribution in [0, 0.1) is 5.82 Å². The van der Waals surface area contributed by atoms with E-state index in [9.17, 15) is 22.1 Å². The number of halogens is 2. The predicted octanol–water partition coefficient (Wildman–Crippen LogP) is 2.32. The van der Waals surface area contributed by atoms with Crippen molar-refractivity contribution in [1.29, 1.82) is 0 Å². The third kappa shape index (κ3) is 3.34. The van der Waals surface area contributed by atoms with E-state index in [1.165, 1.54) is 6.20 Å². The van der Waals surface area contributed by atoms with Crippen LogP contribution in [0.1, 0.15) is 6.92 Å². The van der Waals surface area contributed by atoms with Gasteiger partial charge in [-0.3, -0.25) is 9.52 Å². The topological polar surface area (TPSA) is 79.4 Å². The lowest BCUT2D eigenvalue weighted by atomic mass is 10.3. The highest BCUT2D eigenvalue weighted by molar-refractivity contribution is 7.93. The molecule has 0 atom stereocenters. The van der Waals surface area contributed by atoms with Crippen LogP contribution in [0.5, 0.6) is 0 Å². The van der Waals surface area contributed by atoms with Crippen molar-refractivity contribution in [3.05, 3.63) is 35.6 Å². The highest BCUT2D eigenvalue weighted by Crippen LogP contribution is 2.25. The maximum atomic E-state index is 13.7. The molecule has 0 unspecified atom stereocenters. The van der Waals surface area contributed by atoms with Crippen LogP contribution in [0.25, 0.3) is 0 Å². The first-order chi connectivity index (χ1) is 9.81. The van der Waals surface area contributed by atoms with Crippen molar-refractivity contribution in [2.45, 2.75) is 11.8 Å². The molecule has 0 aliphatic carbocycles. The van der Waals surface area contributed by atoms with Gasteiger partial charge in [0.05, 0.1) is 4.90 Å². The summed E-state index contributed by atoms with van der Waals surface area (Å²) in [6, 6.07) is 2.48. The standard InChI is InChI=1S/C11H9F2N3O3S2/c1-7(17)16(13)10-3-2-8(6-9(10)12)21(18,19)15-11-14-4-5-20-11/h2-6H,1H3,(H,14,15). The van der Waals surface area contributed by atoms with Crippen LogP contribution in [-0.2, 0) is 14.8 Å². The number of hydrogen-bond donors (Lipinski definition) is 1. The Bertz CT molecular complexity index is 763. The summed E-state index contributed by atoms with van der Waals surface area (Å²) in [5, 5.41) is 1.28. The molecular formula is C11H9F2N3O3S2. The van der Waals surface area contributed by atoms with Crippen molar-refractivity contribution < 1.29 is 22.1 Å². The number of sulfonamides is 1. The Balaban J connectivity index is 2.33. The molecule has 0 bridgehead atoms. The van der Waals surface area contributed by atoms with E-state index < -0.39 is 37.5 Å². The molecule has 0 saturated heterocycles. The Kier molecular flexibility index (Phi) is 4.19. The van der Waals surface area contributed by atoms with Crippen molar-refractivity contribution in [3.8, 4) is 0 Å². The zero-order chi connectivity index (χ0) is 15.6. The first kappa shape index (κ1) is 15.3. The Morgan fingerprint density at radius 1 is 1.43 bits per heavy atom. The summed E-state index contributed by atoms with van der Waals surface area (Å²) in [5.74, 6) is -2.19. The van der Waals surface area contributed by atoms with Crippen LogP contribution in [-0.4, -0.2) is 19.3 Å². The number of carbonyl (C=O) groups excluding carboxylic acids is 1. The van der Waals surface area contributed by atoms with Gasteiger partial charge in [-0.1, -0.05) is 4.48 Å². The number of aromatic nitrogens is 1. The van der Waals surface area contributed by atoms with Crippen LogP contribution in [0.4, 0.5) is 19.7 Å². The van der Waals surface area contributed by atoms with Gasteiger partial charge >= 0.3 is 0 Å². The van der Waals surface area contributed by atoms with Gasteiger partial charge in [0.2, 0.25) is 0 Å². The summed E-state index contributed by atoms with van der Waals surface area (Å²) in [7, 11) is -4.04. The molecule has 6 nitrogen and oxygen atoms in total. The Hall–Kier alpha value is -2.07. The molecule has 1 heterocycles. The minimum absolute atomic E-state index is 0.121. The van der Waals surface area contributed by atoms with E-state index in [-0.39, 0.29) is 5.13 Å². The molecule has 2 rings (SSSR count). The number of amides is 1. The van der Waals surface area contributed by atoms with Crippen molar-refractivity contribution in [2.24, 2.45) is 0 Å². The van der Waals surface area contributed by atoms with E-state index in [0.717, 1.165) is 30.4 Å². The van der Waals surface area contributed by atoms with Gasteiger partial charge in [0.1, 0.15) is 5.69 Å². The number of anilines is 2. The summed E-state index contributed by atoms with van der Waals surface area (Å²) in [5.41, 5.74) is -0.657. The number of rotatable bonds is 4. The monoisotopic (exact) mass is 333 g/mol. The second-order valence-corrected chi connectivity index (χ2v) is 6.43. The minimum Gasteiger partial charge on any atom is -0.272 e. The maximum Gasteiger partial charge on any atom is 0.263 e. The van der Waals surface area contributed by atoms with Gasteiger partial charge in [-0.05, 0) is 18.2 Å². The summed E-state index contributed by atoms with van der Waals surface area (Å²) in [6.45, 7) is 0.911. The molecule has 10 heteroatoms. The normalized spacial score (nSPS) is 11.2. The molecule has 112 valence electrons. The summed E-state index contributed by atoms with van der Waals surface area (Å²) < 4.78 is 53.2. The second kappa shape index (κ2) is 5.74. The molecule has 1 aromatic heterocycles. The quantitative estimate of drug-likeness (QED) is 0.871.